The average molecular weight is 308 g/mol. The minimum absolute atomic E-state index is 0.656. The molecule has 6 heteroatoms. The summed E-state index contributed by atoms with van der Waals surface area (Å²) >= 11 is 0. The molecule has 23 heavy (non-hydrogen) atoms. The second kappa shape index (κ2) is 6.74. The van der Waals surface area contributed by atoms with Crippen LogP contribution >= 0.6 is 0 Å². The van der Waals surface area contributed by atoms with Crippen molar-refractivity contribution >= 4 is 22.9 Å². The Morgan fingerprint density at radius 1 is 1.00 bits per heavy atom. The van der Waals surface area contributed by atoms with Gasteiger partial charge in [0, 0.05) is 5.39 Å². The van der Waals surface area contributed by atoms with E-state index in [4.69, 9.17) is 9.47 Å². The first-order valence-electron chi connectivity index (χ1n) is 7.02. The van der Waals surface area contributed by atoms with Crippen molar-refractivity contribution in [2.24, 2.45) is 5.10 Å². The van der Waals surface area contributed by atoms with Gasteiger partial charge in [-0.3, -0.25) is 5.43 Å². The summed E-state index contributed by atoms with van der Waals surface area (Å²) in [6.07, 6.45) is 3.20. The van der Waals surface area contributed by atoms with Crippen LogP contribution < -0.4 is 14.9 Å². The summed E-state index contributed by atoms with van der Waals surface area (Å²) in [5.74, 6) is 2.00. The predicted molar refractivity (Wildman–Crippen MR) is 90.3 cm³/mol. The van der Waals surface area contributed by atoms with Crippen molar-refractivity contribution in [3.63, 3.8) is 0 Å². The van der Waals surface area contributed by atoms with Crippen LogP contribution in [0, 0.1) is 0 Å². The molecule has 0 saturated carbocycles. The first-order valence-corrected chi connectivity index (χ1v) is 7.02. The van der Waals surface area contributed by atoms with Gasteiger partial charge >= 0.3 is 0 Å². The molecular weight excluding hydrogens is 292 g/mol. The Balaban J connectivity index is 1.81. The quantitative estimate of drug-likeness (QED) is 0.579. The summed E-state index contributed by atoms with van der Waals surface area (Å²) < 4.78 is 10.5. The zero-order valence-corrected chi connectivity index (χ0v) is 12.9. The van der Waals surface area contributed by atoms with Crippen molar-refractivity contribution in [1.29, 1.82) is 0 Å². The van der Waals surface area contributed by atoms with Gasteiger partial charge in [0.25, 0.3) is 0 Å². The number of rotatable bonds is 5. The number of anilines is 1. The second-order valence-corrected chi connectivity index (χ2v) is 4.72. The lowest BCUT2D eigenvalue weighted by molar-refractivity contribution is 0.355. The summed E-state index contributed by atoms with van der Waals surface area (Å²) in [4.78, 5) is 8.43. The lowest BCUT2D eigenvalue weighted by atomic mass is 10.2. The second-order valence-electron chi connectivity index (χ2n) is 4.72. The molecule has 0 fully saturated rings. The van der Waals surface area contributed by atoms with Crippen molar-refractivity contribution in [1.82, 2.24) is 9.97 Å². The number of nitrogens with zero attached hydrogens (tertiary/aromatic N) is 3. The molecular formula is C17H16N4O2. The Morgan fingerprint density at radius 2 is 1.83 bits per heavy atom. The molecule has 3 aromatic rings. The molecule has 6 nitrogen and oxygen atoms in total. The fraction of sp³-hybridized carbons (Fsp3) is 0.118. The van der Waals surface area contributed by atoms with Gasteiger partial charge in [0.05, 0.1) is 26.0 Å². The van der Waals surface area contributed by atoms with Crippen LogP contribution in [-0.4, -0.2) is 30.4 Å². The van der Waals surface area contributed by atoms with Crippen molar-refractivity contribution in [3.05, 3.63) is 54.4 Å². The summed E-state index contributed by atoms with van der Waals surface area (Å²) in [6.45, 7) is 0. The first kappa shape index (κ1) is 14.8. The van der Waals surface area contributed by atoms with Crippen molar-refractivity contribution in [2.45, 2.75) is 0 Å². The van der Waals surface area contributed by atoms with E-state index in [-0.39, 0.29) is 0 Å². The van der Waals surface area contributed by atoms with Crippen LogP contribution in [-0.2, 0) is 0 Å². The first-order chi connectivity index (χ1) is 11.3. The Morgan fingerprint density at radius 3 is 2.65 bits per heavy atom. The van der Waals surface area contributed by atoms with Crippen LogP contribution in [0.15, 0.2) is 53.9 Å². The Labute approximate surface area is 133 Å². The third kappa shape index (κ3) is 3.21. The van der Waals surface area contributed by atoms with E-state index in [0.717, 1.165) is 16.5 Å². The highest BCUT2D eigenvalue weighted by Gasteiger charge is 2.03. The van der Waals surface area contributed by atoms with E-state index in [9.17, 15) is 0 Å². The van der Waals surface area contributed by atoms with Gasteiger partial charge in [0.15, 0.2) is 17.3 Å². The fourth-order valence-electron chi connectivity index (χ4n) is 2.19. The molecule has 2 aromatic carbocycles. The highest BCUT2D eigenvalue weighted by atomic mass is 16.5. The number of nitrogens with one attached hydrogen (secondary N) is 1. The van der Waals surface area contributed by atoms with Crippen LogP contribution in [0.25, 0.3) is 10.9 Å². The summed E-state index contributed by atoms with van der Waals surface area (Å²) in [6, 6.07) is 13.3. The zero-order chi connectivity index (χ0) is 16.1. The van der Waals surface area contributed by atoms with E-state index < -0.39 is 0 Å². The SMILES string of the molecule is COc1ccc(/C=N/Nc2ncnc3ccccc23)cc1OC. The maximum Gasteiger partial charge on any atom is 0.161 e. The number of ether oxygens (including phenoxy) is 2. The van der Waals surface area contributed by atoms with E-state index >= 15 is 0 Å². The number of methoxy groups -OCH3 is 2. The van der Waals surface area contributed by atoms with Crippen molar-refractivity contribution < 1.29 is 9.47 Å². The molecule has 0 saturated heterocycles. The topological polar surface area (TPSA) is 68.6 Å². The molecule has 0 amide bonds. The Bertz CT molecular complexity index is 844. The highest BCUT2D eigenvalue weighted by molar-refractivity contribution is 5.89. The lowest BCUT2D eigenvalue weighted by Crippen LogP contribution is -1.96. The number of hydrogen-bond donors (Lipinski definition) is 1. The van der Waals surface area contributed by atoms with Gasteiger partial charge < -0.3 is 9.47 Å². The van der Waals surface area contributed by atoms with Crippen molar-refractivity contribution in [3.8, 4) is 11.5 Å². The van der Waals surface area contributed by atoms with Crippen molar-refractivity contribution in [2.75, 3.05) is 19.6 Å². The van der Waals surface area contributed by atoms with Gasteiger partial charge in [-0.15, -0.1) is 0 Å². The fourth-order valence-corrected chi connectivity index (χ4v) is 2.19. The summed E-state index contributed by atoms with van der Waals surface area (Å²) in [5, 5.41) is 5.15. The number of hydrogen-bond acceptors (Lipinski definition) is 6. The normalized spacial score (nSPS) is 10.9. The molecule has 0 radical (unpaired) electrons. The van der Waals surface area contributed by atoms with E-state index in [1.807, 2.05) is 42.5 Å². The third-order valence-electron chi connectivity index (χ3n) is 3.33. The van der Waals surface area contributed by atoms with Crippen LogP contribution in [0.2, 0.25) is 0 Å². The largest absolute Gasteiger partial charge is 0.493 e. The molecule has 0 aliphatic carbocycles. The molecule has 1 N–H and O–H groups in total. The van der Waals surface area contributed by atoms with E-state index in [1.165, 1.54) is 6.33 Å². The number of para-hydroxylation sites is 1. The van der Waals surface area contributed by atoms with E-state index in [2.05, 4.69) is 20.5 Å². The summed E-state index contributed by atoms with van der Waals surface area (Å²) in [7, 11) is 3.21. The number of aromatic nitrogens is 2. The Hall–Kier alpha value is -3.15. The molecule has 0 aliphatic heterocycles. The minimum atomic E-state index is 0.656. The molecule has 0 unspecified atom stereocenters. The van der Waals surface area contributed by atoms with Gasteiger partial charge in [0.2, 0.25) is 0 Å². The van der Waals surface area contributed by atoms with Crippen LogP contribution in [0.1, 0.15) is 5.56 Å². The van der Waals surface area contributed by atoms with E-state index in [0.29, 0.717) is 17.3 Å². The van der Waals surface area contributed by atoms with Crippen LogP contribution in [0.4, 0.5) is 5.82 Å². The number of hydrazone groups is 1. The molecule has 0 aliphatic rings. The maximum atomic E-state index is 5.27. The van der Waals surface area contributed by atoms with Gasteiger partial charge in [-0.05, 0) is 35.9 Å². The predicted octanol–water partition coefficient (Wildman–Crippen LogP) is 3.09. The monoisotopic (exact) mass is 308 g/mol. The molecule has 1 heterocycles. The highest BCUT2D eigenvalue weighted by Crippen LogP contribution is 2.27. The van der Waals surface area contributed by atoms with Crippen LogP contribution in [0.3, 0.4) is 0 Å². The molecule has 0 spiro atoms. The Kier molecular flexibility index (Phi) is 4.33. The number of benzene rings is 2. The molecule has 0 atom stereocenters. The summed E-state index contributed by atoms with van der Waals surface area (Å²) in [5.41, 5.74) is 4.70. The third-order valence-corrected chi connectivity index (χ3v) is 3.33. The van der Waals surface area contributed by atoms with Gasteiger partial charge in [-0.1, -0.05) is 12.1 Å². The standard InChI is InChI=1S/C17H16N4O2/c1-22-15-8-7-12(9-16(15)23-2)10-20-21-17-13-5-3-4-6-14(13)18-11-19-17/h3-11H,1-2H3,(H,18,19,21)/b20-10+. The molecule has 0 bridgehead atoms. The zero-order valence-electron chi connectivity index (χ0n) is 12.9. The molecule has 116 valence electrons. The average Bonchev–Trinajstić information content (AvgIpc) is 2.61. The molecule has 1 aromatic heterocycles. The van der Waals surface area contributed by atoms with Crippen LogP contribution in [0.5, 0.6) is 11.5 Å². The molecule has 3 rings (SSSR count). The number of fused-ring (bicyclic) bond motifs is 1. The van der Waals surface area contributed by atoms with Gasteiger partial charge in [-0.2, -0.15) is 5.10 Å². The smallest absolute Gasteiger partial charge is 0.161 e. The minimum Gasteiger partial charge on any atom is -0.493 e. The van der Waals surface area contributed by atoms with Gasteiger partial charge in [-0.25, -0.2) is 9.97 Å². The van der Waals surface area contributed by atoms with Gasteiger partial charge in [0.1, 0.15) is 6.33 Å². The lowest BCUT2D eigenvalue weighted by Gasteiger charge is -2.07. The van der Waals surface area contributed by atoms with E-state index in [1.54, 1.807) is 20.4 Å². The maximum absolute atomic E-state index is 5.27.